The third-order valence-corrected chi connectivity index (χ3v) is 3.85. The molecule has 18 heavy (non-hydrogen) atoms. The number of nitrogens with one attached hydrogen (secondary N) is 1. The fraction of sp³-hybridized carbons (Fsp3) is 0.667. The minimum absolute atomic E-state index is 0.160. The molecule has 1 unspecified atom stereocenters. The lowest BCUT2D eigenvalue weighted by Gasteiger charge is -2.47. The molecule has 1 saturated heterocycles. The van der Waals surface area contributed by atoms with Crippen molar-refractivity contribution in [2.45, 2.75) is 46.2 Å². The van der Waals surface area contributed by atoms with Gasteiger partial charge in [-0.2, -0.15) is 0 Å². The maximum atomic E-state index is 4.30. The topological polar surface area (TPSA) is 28.2 Å². The van der Waals surface area contributed by atoms with E-state index in [0.717, 1.165) is 13.1 Å². The standard InChI is InChI=1S/C15H25N3/c1-11(2)13-9-17-15(4,5)10-18(13)14-8-16-7-6-12(14)3/h6-8,11,13,17H,9-10H2,1-5H3. The van der Waals surface area contributed by atoms with E-state index in [1.165, 1.54) is 11.3 Å². The molecular formula is C15H25N3. The molecule has 1 aromatic heterocycles. The fourth-order valence-electron chi connectivity index (χ4n) is 2.71. The number of anilines is 1. The third-order valence-electron chi connectivity index (χ3n) is 3.85. The summed E-state index contributed by atoms with van der Waals surface area (Å²) in [5.74, 6) is 0.633. The normalized spacial score (nSPS) is 23.4. The predicted octanol–water partition coefficient (Wildman–Crippen LogP) is 2.60. The van der Waals surface area contributed by atoms with E-state index < -0.39 is 0 Å². The molecule has 1 atom stereocenters. The fourth-order valence-corrected chi connectivity index (χ4v) is 2.71. The number of hydrogen-bond acceptors (Lipinski definition) is 3. The van der Waals surface area contributed by atoms with Crippen molar-refractivity contribution >= 4 is 5.69 Å². The lowest BCUT2D eigenvalue weighted by molar-refractivity contribution is 0.277. The Morgan fingerprint density at radius 1 is 1.44 bits per heavy atom. The molecule has 3 nitrogen and oxygen atoms in total. The number of hydrogen-bond donors (Lipinski definition) is 1. The average molecular weight is 247 g/mol. The summed E-state index contributed by atoms with van der Waals surface area (Å²) in [6, 6.07) is 2.64. The third kappa shape index (κ3) is 2.66. The van der Waals surface area contributed by atoms with Crippen molar-refractivity contribution < 1.29 is 0 Å². The van der Waals surface area contributed by atoms with Gasteiger partial charge in [-0.3, -0.25) is 4.98 Å². The Bertz CT molecular complexity index is 412. The van der Waals surface area contributed by atoms with Gasteiger partial charge in [0.05, 0.1) is 11.9 Å². The number of pyridine rings is 1. The molecule has 1 aromatic rings. The molecule has 1 aliphatic heterocycles. The summed E-state index contributed by atoms with van der Waals surface area (Å²) in [7, 11) is 0. The van der Waals surface area contributed by atoms with Gasteiger partial charge in [0.1, 0.15) is 0 Å². The van der Waals surface area contributed by atoms with Gasteiger partial charge in [-0.05, 0) is 38.3 Å². The summed E-state index contributed by atoms with van der Waals surface area (Å²) in [4.78, 5) is 6.83. The summed E-state index contributed by atoms with van der Waals surface area (Å²) in [5.41, 5.74) is 2.76. The second kappa shape index (κ2) is 4.88. The highest BCUT2D eigenvalue weighted by molar-refractivity contribution is 5.53. The predicted molar refractivity (Wildman–Crippen MR) is 77.0 cm³/mol. The number of piperazine rings is 1. The van der Waals surface area contributed by atoms with Gasteiger partial charge in [-0.1, -0.05) is 13.8 Å². The van der Waals surface area contributed by atoms with Gasteiger partial charge < -0.3 is 10.2 Å². The molecule has 0 amide bonds. The zero-order valence-corrected chi connectivity index (χ0v) is 12.2. The lowest BCUT2D eigenvalue weighted by atomic mass is 9.92. The second-order valence-electron chi connectivity index (χ2n) is 6.37. The maximum Gasteiger partial charge on any atom is 0.0586 e. The van der Waals surface area contributed by atoms with Crippen LogP contribution in [0.1, 0.15) is 33.3 Å². The van der Waals surface area contributed by atoms with Gasteiger partial charge in [0.2, 0.25) is 0 Å². The summed E-state index contributed by atoms with van der Waals surface area (Å²) in [6.45, 7) is 13.4. The van der Waals surface area contributed by atoms with E-state index in [9.17, 15) is 0 Å². The lowest BCUT2D eigenvalue weighted by Crippen LogP contribution is -2.63. The molecule has 2 rings (SSSR count). The molecule has 3 heteroatoms. The smallest absolute Gasteiger partial charge is 0.0586 e. The van der Waals surface area contributed by atoms with Crippen LogP contribution in [0.15, 0.2) is 18.5 Å². The van der Waals surface area contributed by atoms with Crippen LogP contribution in [0.3, 0.4) is 0 Å². The monoisotopic (exact) mass is 247 g/mol. The van der Waals surface area contributed by atoms with E-state index in [4.69, 9.17) is 0 Å². The summed E-state index contributed by atoms with van der Waals surface area (Å²) in [5, 5.41) is 3.65. The van der Waals surface area contributed by atoms with Crippen LogP contribution in [0.2, 0.25) is 0 Å². The molecule has 0 radical (unpaired) electrons. The summed E-state index contributed by atoms with van der Waals surface area (Å²) < 4.78 is 0. The largest absolute Gasteiger partial charge is 0.364 e. The molecule has 0 aromatic carbocycles. The van der Waals surface area contributed by atoms with Gasteiger partial charge in [0.25, 0.3) is 0 Å². The Labute approximate surface area is 111 Å². The van der Waals surface area contributed by atoms with Crippen molar-refractivity contribution in [3.05, 3.63) is 24.0 Å². The number of rotatable bonds is 2. The van der Waals surface area contributed by atoms with Crippen LogP contribution in [-0.4, -0.2) is 29.7 Å². The maximum absolute atomic E-state index is 4.30. The van der Waals surface area contributed by atoms with Crippen LogP contribution in [0.5, 0.6) is 0 Å². The Morgan fingerprint density at radius 3 is 2.78 bits per heavy atom. The van der Waals surface area contributed by atoms with Gasteiger partial charge >= 0.3 is 0 Å². The Morgan fingerprint density at radius 2 is 2.17 bits per heavy atom. The van der Waals surface area contributed by atoms with Gasteiger partial charge in [0.15, 0.2) is 0 Å². The second-order valence-corrected chi connectivity index (χ2v) is 6.37. The molecular weight excluding hydrogens is 222 g/mol. The van der Waals surface area contributed by atoms with E-state index in [1.54, 1.807) is 0 Å². The first-order chi connectivity index (χ1) is 8.41. The molecule has 0 saturated carbocycles. The van der Waals surface area contributed by atoms with E-state index >= 15 is 0 Å². The number of aryl methyl sites for hydroxylation is 1. The first-order valence-electron chi connectivity index (χ1n) is 6.83. The van der Waals surface area contributed by atoms with Crippen LogP contribution >= 0.6 is 0 Å². The van der Waals surface area contributed by atoms with Crippen LogP contribution < -0.4 is 10.2 Å². The molecule has 1 fully saturated rings. The Kier molecular flexibility index (Phi) is 3.62. The van der Waals surface area contributed by atoms with Crippen molar-refractivity contribution in [3.8, 4) is 0 Å². The van der Waals surface area contributed by atoms with Crippen molar-refractivity contribution in [2.75, 3.05) is 18.0 Å². The quantitative estimate of drug-likeness (QED) is 0.870. The zero-order valence-electron chi connectivity index (χ0n) is 12.2. The molecule has 0 spiro atoms. The molecule has 0 bridgehead atoms. The molecule has 1 N–H and O–H groups in total. The van der Waals surface area contributed by atoms with Crippen molar-refractivity contribution in [3.63, 3.8) is 0 Å². The van der Waals surface area contributed by atoms with E-state index in [1.807, 2.05) is 12.4 Å². The van der Waals surface area contributed by atoms with Crippen molar-refractivity contribution in [2.24, 2.45) is 5.92 Å². The van der Waals surface area contributed by atoms with E-state index in [0.29, 0.717) is 12.0 Å². The van der Waals surface area contributed by atoms with E-state index in [2.05, 4.69) is 55.9 Å². The minimum Gasteiger partial charge on any atom is -0.364 e. The first kappa shape index (κ1) is 13.3. The summed E-state index contributed by atoms with van der Waals surface area (Å²) >= 11 is 0. The molecule has 1 aliphatic rings. The molecule has 0 aliphatic carbocycles. The SMILES string of the molecule is Cc1ccncc1N1CC(C)(C)NCC1C(C)C. The van der Waals surface area contributed by atoms with E-state index in [-0.39, 0.29) is 5.54 Å². The van der Waals surface area contributed by atoms with Gasteiger partial charge in [-0.25, -0.2) is 0 Å². The molecule has 100 valence electrons. The van der Waals surface area contributed by atoms with Crippen molar-refractivity contribution in [1.82, 2.24) is 10.3 Å². The highest BCUT2D eigenvalue weighted by atomic mass is 15.3. The Balaban J connectivity index is 2.33. The Hall–Kier alpha value is -1.09. The number of aromatic nitrogens is 1. The number of nitrogens with zero attached hydrogens (tertiary/aromatic N) is 2. The minimum atomic E-state index is 0.160. The average Bonchev–Trinajstić information content (AvgIpc) is 2.27. The van der Waals surface area contributed by atoms with Crippen LogP contribution in [-0.2, 0) is 0 Å². The molecule has 2 heterocycles. The van der Waals surface area contributed by atoms with Crippen LogP contribution in [0.25, 0.3) is 0 Å². The zero-order chi connectivity index (χ0) is 13.3. The van der Waals surface area contributed by atoms with Gasteiger partial charge in [0, 0.05) is 30.9 Å². The highest BCUT2D eigenvalue weighted by Gasteiger charge is 2.34. The highest BCUT2D eigenvalue weighted by Crippen LogP contribution is 2.28. The van der Waals surface area contributed by atoms with Crippen LogP contribution in [0.4, 0.5) is 5.69 Å². The van der Waals surface area contributed by atoms with Gasteiger partial charge in [-0.15, -0.1) is 0 Å². The first-order valence-corrected chi connectivity index (χ1v) is 6.83. The van der Waals surface area contributed by atoms with Crippen LogP contribution in [0, 0.1) is 12.8 Å². The van der Waals surface area contributed by atoms with Crippen molar-refractivity contribution in [1.29, 1.82) is 0 Å². The summed E-state index contributed by atoms with van der Waals surface area (Å²) in [6.07, 6.45) is 3.88.